The van der Waals surface area contributed by atoms with Gasteiger partial charge in [0.25, 0.3) is 0 Å². The number of terminal acetylenes is 1. The fraction of sp³-hybridized carbons (Fsp3) is 0.846. The largest absolute Gasteiger partial charge is 0.464 e. The third kappa shape index (κ3) is 20.0. The highest BCUT2D eigenvalue weighted by atomic mass is 16.6. The summed E-state index contributed by atoms with van der Waals surface area (Å²) in [6.07, 6.45) is 22.9. The van der Waals surface area contributed by atoms with Crippen molar-refractivity contribution in [2.45, 2.75) is 123 Å². The molecule has 0 aromatic heterocycles. The van der Waals surface area contributed by atoms with Crippen LogP contribution >= 0.6 is 0 Å². The zero-order valence-corrected chi connectivity index (χ0v) is 20.4. The quantitative estimate of drug-likeness (QED) is 0.129. The Labute approximate surface area is 191 Å². The van der Waals surface area contributed by atoms with Crippen LogP contribution in [0.4, 0.5) is 4.79 Å². The van der Waals surface area contributed by atoms with Crippen molar-refractivity contribution in [3.63, 3.8) is 0 Å². The van der Waals surface area contributed by atoms with Crippen LogP contribution in [0, 0.1) is 18.3 Å². The van der Waals surface area contributed by atoms with Gasteiger partial charge >= 0.3 is 12.1 Å². The van der Waals surface area contributed by atoms with Crippen molar-refractivity contribution in [3.05, 3.63) is 0 Å². The highest BCUT2D eigenvalue weighted by Crippen LogP contribution is 2.13. The molecule has 1 unspecified atom stereocenters. The van der Waals surface area contributed by atoms with Crippen molar-refractivity contribution in [1.29, 1.82) is 0 Å². The van der Waals surface area contributed by atoms with E-state index in [1.807, 2.05) is 13.8 Å². The van der Waals surface area contributed by atoms with Crippen LogP contribution in [-0.4, -0.2) is 31.3 Å². The van der Waals surface area contributed by atoms with Gasteiger partial charge in [0.15, 0.2) is 6.61 Å². The van der Waals surface area contributed by atoms with Gasteiger partial charge in [0.2, 0.25) is 0 Å². The zero-order chi connectivity index (χ0) is 23.2. The molecule has 0 aliphatic carbocycles. The van der Waals surface area contributed by atoms with Crippen LogP contribution in [0.15, 0.2) is 0 Å². The Morgan fingerprint density at radius 2 is 1.29 bits per heavy atom. The van der Waals surface area contributed by atoms with Crippen molar-refractivity contribution in [2.24, 2.45) is 5.92 Å². The summed E-state index contributed by atoms with van der Waals surface area (Å²) >= 11 is 0. The van der Waals surface area contributed by atoms with Crippen molar-refractivity contribution in [1.82, 2.24) is 5.32 Å². The topological polar surface area (TPSA) is 64.6 Å². The fourth-order valence-corrected chi connectivity index (χ4v) is 3.55. The van der Waals surface area contributed by atoms with Gasteiger partial charge in [-0.05, 0) is 18.8 Å². The Bertz CT molecular complexity index is 484. The van der Waals surface area contributed by atoms with Gasteiger partial charge in [-0.15, -0.1) is 6.42 Å². The molecular weight excluding hydrogens is 390 g/mol. The van der Waals surface area contributed by atoms with Crippen LogP contribution in [0.3, 0.4) is 0 Å². The Balaban J connectivity index is 3.68. The predicted molar refractivity (Wildman–Crippen MR) is 128 cm³/mol. The van der Waals surface area contributed by atoms with Gasteiger partial charge in [-0.25, -0.2) is 9.59 Å². The third-order valence-electron chi connectivity index (χ3n) is 5.31. The number of carbonyl (C=O) groups excluding carboxylic acids is 2. The summed E-state index contributed by atoms with van der Waals surface area (Å²) in [5, 5.41) is 2.55. The molecule has 1 atom stereocenters. The summed E-state index contributed by atoms with van der Waals surface area (Å²) in [5.41, 5.74) is 0. The van der Waals surface area contributed by atoms with Gasteiger partial charge in [0.1, 0.15) is 6.04 Å². The highest BCUT2D eigenvalue weighted by molar-refractivity contribution is 5.81. The van der Waals surface area contributed by atoms with E-state index < -0.39 is 18.1 Å². The molecule has 5 nitrogen and oxygen atoms in total. The average molecular weight is 438 g/mol. The van der Waals surface area contributed by atoms with Crippen molar-refractivity contribution in [3.8, 4) is 12.3 Å². The number of amides is 1. The zero-order valence-electron chi connectivity index (χ0n) is 20.4. The second kappa shape index (κ2) is 21.5. The minimum Gasteiger partial charge on any atom is -0.464 e. The van der Waals surface area contributed by atoms with Gasteiger partial charge in [-0.3, -0.25) is 0 Å². The van der Waals surface area contributed by atoms with Gasteiger partial charge in [-0.1, -0.05) is 110 Å². The second-order valence-corrected chi connectivity index (χ2v) is 8.87. The Hall–Kier alpha value is -1.70. The predicted octanol–water partition coefficient (Wildman–Crippen LogP) is 6.79. The lowest BCUT2D eigenvalue weighted by molar-refractivity contribution is -0.146. The molecule has 0 radical (unpaired) electrons. The molecule has 0 aliphatic heterocycles. The SMILES string of the molecule is C#CCOC(=O)NC(CC(C)C)C(=O)OCCCCCCCCCCCCCCCC. The second-order valence-electron chi connectivity index (χ2n) is 8.87. The molecule has 1 N–H and O–H groups in total. The number of unbranched alkanes of at least 4 members (excludes halogenated alkanes) is 13. The summed E-state index contributed by atoms with van der Waals surface area (Å²) < 4.78 is 10.2. The molecule has 0 rings (SSSR count). The lowest BCUT2D eigenvalue weighted by Crippen LogP contribution is -2.43. The molecule has 0 bridgehead atoms. The first-order chi connectivity index (χ1) is 15.0. The summed E-state index contributed by atoms with van der Waals surface area (Å²) in [6.45, 7) is 6.52. The normalized spacial score (nSPS) is 11.7. The smallest absolute Gasteiger partial charge is 0.408 e. The first-order valence-corrected chi connectivity index (χ1v) is 12.5. The number of ether oxygens (including phenoxy) is 2. The molecule has 5 heteroatoms. The van der Waals surface area contributed by atoms with E-state index in [0.29, 0.717) is 13.0 Å². The van der Waals surface area contributed by atoms with Gasteiger partial charge in [0, 0.05) is 0 Å². The first kappa shape index (κ1) is 29.3. The van der Waals surface area contributed by atoms with E-state index in [2.05, 4.69) is 18.2 Å². The number of nitrogens with one attached hydrogen (secondary N) is 1. The summed E-state index contributed by atoms with van der Waals surface area (Å²) in [4.78, 5) is 24.0. The van der Waals surface area contributed by atoms with E-state index in [1.54, 1.807) is 0 Å². The van der Waals surface area contributed by atoms with Crippen LogP contribution in [0.5, 0.6) is 0 Å². The van der Waals surface area contributed by atoms with E-state index >= 15 is 0 Å². The van der Waals surface area contributed by atoms with Gasteiger partial charge < -0.3 is 14.8 Å². The molecule has 1 amide bonds. The third-order valence-corrected chi connectivity index (χ3v) is 5.31. The van der Waals surface area contributed by atoms with Crippen LogP contribution in [0.2, 0.25) is 0 Å². The van der Waals surface area contributed by atoms with Crippen LogP contribution in [0.1, 0.15) is 117 Å². The standard InChI is InChI=1S/C26H47NO4/c1-5-7-8-9-10-11-12-13-14-15-16-17-18-19-21-30-25(28)24(22-23(3)4)27-26(29)31-20-6-2/h2,23-24H,5,7-22H2,1,3-4H3,(H,27,29). The molecular formula is C26H47NO4. The monoisotopic (exact) mass is 437 g/mol. The summed E-state index contributed by atoms with van der Waals surface area (Å²) in [5.74, 6) is 2.07. The average Bonchev–Trinajstić information content (AvgIpc) is 2.74. The van der Waals surface area contributed by atoms with Crippen LogP contribution in [0.25, 0.3) is 0 Å². The van der Waals surface area contributed by atoms with Crippen LogP contribution < -0.4 is 5.32 Å². The molecule has 0 spiro atoms. The van der Waals surface area contributed by atoms with E-state index in [0.717, 1.165) is 12.8 Å². The van der Waals surface area contributed by atoms with Crippen molar-refractivity contribution < 1.29 is 19.1 Å². The van der Waals surface area contributed by atoms with E-state index in [4.69, 9.17) is 15.9 Å². The number of rotatable bonds is 20. The molecule has 0 aromatic rings. The minimum absolute atomic E-state index is 0.117. The van der Waals surface area contributed by atoms with Crippen LogP contribution in [-0.2, 0) is 14.3 Å². The maximum atomic E-state index is 12.3. The molecule has 0 aromatic carbocycles. The molecule has 0 heterocycles. The molecule has 31 heavy (non-hydrogen) atoms. The number of esters is 1. The maximum absolute atomic E-state index is 12.3. The number of hydrogen-bond acceptors (Lipinski definition) is 4. The maximum Gasteiger partial charge on any atom is 0.408 e. The van der Waals surface area contributed by atoms with Gasteiger partial charge in [0.05, 0.1) is 6.61 Å². The van der Waals surface area contributed by atoms with E-state index in [-0.39, 0.29) is 12.5 Å². The lowest BCUT2D eigenvalue weighted by Gasteiger charge is -2.19. The summed E-state index contributed by atoms with van der Waals surface area (Å²) in [6, 6.07) is -0.697. The van der Waals surface area contributed by atoms with Crippen molar-refractivity contribution >= 4 is 12.1 Å². The van der Waals surface area contributed by atoms with E-state index in [1.165, 1.54) is 77.0 Å². The lowest BCUT2D eigenvalue weighted by atomic mass is 10.0. The van der Waals surface area contributed by atoms with E-state index in [9.17, 15) is 9.59 Å². The fourth-order valence-electron chi connectivity index (χ4n) is 3.55. The molecule has 0 aliphatic rings. The summed E-state index contributed by atoms with van der Waals surface area (Å²) in [7, 11) is 0. The Kier molecular flexibility index (Phi) is 20.3. The van der Waals surface area contributed by atoms with Gasteiger partial charge in [-0.2, -0.15) is 0 Å². The Morgan fingerprint density at radius 1 is 0.806 bits per heavy atom. The first-order valence-electron chi connectivity index (χ1n) is 12.5. The molecule has 0 fully saturated rings. The molecule has 0 saturated carbocycles. The molecule has 180 valence electrons. The number of hydrogen-bond donors (Lipinski definition) is 1. The minimum atomic E-state index is -0.697. The molecule has 0 saturated heterocycles. The Morgan fingerprint density at radius 3 is 1.74 bits per heavy atom. The number of alkyl carbamates (subject to hydrolysis) is 1. The number of carbonyl (C=O) groups is 2. The van der Waals surface area contributed by atoms with Crippen molar-refractivity contribution in [2.75, 3.05) is 13.2 Å². The highest BCUT2D eigenvalue weighted by Gasteiger charge is 2.23.